The molecule has 0 atom stereocenters. The van der Waals surface area contributed by atoms with Gasteiger partial charge in [-0.05, 0) is 36.4 Å². The van der Waals surface area contributed by atoms with Crippen LogP contribution in [0.15, 0.2) is 24.3 Å². The highest BCUT2D eigenvalue weighted by atomic mass is 32.2. The summed E-state index contributed by atoms with van der Waals surface area (Å²) in [7, 11) is 0. The van der Waals surface area contributed by atoms with E-state index < -0.39 is 0 Å². The number of ether oxygens (including phenoxy) is 1. The van der Waals surface area contributed by atoms with Gasteiger partial charge in [-0.15, -0.1) is 0 Å². The number of hydrogen-bond acceptors (Lipinski definition) is 3. The summed E-state index contributed by atoms with van der Waals surface area (Å²) >= 11 is 1.93. The normalized spacial score (nSPS) is 9.75. The molecule has 0 radical (unpaired) electrons. The minimum absolute atomic E-state index is 0.671. The molecule has 0 heterocycles. The highest BCUT2D eigenvalue weighted by molar-refractivity contribution is 7.99. The molecule has 86 valence electrons. The Morgan fingerprint density at radius 3 is 2.62 bits per heavy atom. The zero-order valence-corrected chi connectivity index (χ0v) is 10.4. The van der Waals surface area contributed by atoms with Crippen molar-refractivity contribution in [3.63, 3.8) is 0 Å². The van der Waals surface area contributed by atoms with Gasteiger partial charge in [0.25, 0.3) is 0 Å². The molecule has 1 aromatic rings. The van der Waals surface area contributed by atoms with E-state index in [9.17, 15) is 0 Å². The van der Waals surface area contributed by atoms with Crippen LogP contribution in [0.1, 0.15) is 25.3 Å². The lowest BCUT2D eigenvalue weighted by atomic mass is 10.2. The first kappa shape index (κ1) is 12.9. The number of hydrogen-bond donors (Lipinski definition) is 0. The van der Waals surface area contributed by atoms with Gasteiger partial charge in [0.05, 0.1) is 18.2 Å². The Morgan fingerprint density at radius 2 is 2.00 bits per heavy atom. The van der Waals surface area contributed by atoms with Gasteiger partial charge < -0.3 is 4.74 Å². The molecular weight excluding hydrogens is 218 g/mol. The van der Waals surface area contributed by atoms with Crippen molar-refractivity contribution in [3.05, 3.63) is 29.8 Å². The summed E-state index contributed by atoms with van der Waals surface area (Å²) in [5.74, 6) is 3.09. The fourth-order valence-corrected chi connectivity index (χ4v) is 2.09. The molecule has 0 aliphatic heterocycles. The first-order valence-corrected chi connectivity index (χ1v) is 6.73. The Hall–Kier alpha value is -1.14. The molecular formula is C13H17NOS. The third-order valence-corrected chi connectivity index (χ3v) is 3.15. The minimum atomic E-state index is 0.671. The van der Waals surface area contributed by atoms with E-state index in [4.69, 9.17) is 10.00 Å². The molecule has 0 unspecified atom stereocenters. The molecule has 0 aliphatic carbocycles. The summed E-state index contributed by atoms with van der Waals surface area (Å²) in [5.41, 5.74) is 0.671. The van der Waals surface area contributed by atoms with Gasteiger partial charge in [-0.2, -0.15) is 17.0 Å². The highest BCUT2D eigenvalue weighted by Gasteiger charge is 1.94. The number of nitriles is 1. The van der Waals surface area contributed by atoms with Crippen LogP contribution in [0.3, 0.4) is 0 Å². The zero-order chi connectivity index (χ0) is 11.6. The second-order valence-electron chi connectivity index (χ2n) is 3.45. The Balaban J connectivity index is 2.15. The van der Waals surface area contributed by atoms with Crippen molar-refractivity contribution >= 4 is 11.8 Å². The Labute approximate surface area is 102 Å². The molecule has 0 spiro atoms. The van der Waals surface area contributed by atoms with Gasteiger partial charge in [0.2, 0.25) is 0 Å². The lowest BCUT2D eigenvalue weighted by Crippen LogP contribution is -2.00. The number of rotatable bonds is 7. The first-order chi connectivity index (χ1) is 7.86. The van der Waals surface area contributed by atoms with Crippen molar-refractivity contribution < 1.29 is 4.74 Å². The van der Waals surface area contributed by atoms with Crippen molar-refractivity contribution in [3.8, 4) is 11.8 Å². The van der Waals surface area contributed by atoms with Gasteiger partial charge in [-0.1, -0.05) is 13.3 Å². The van der Waals surface area contributed by atoms with E-state index in [-0.39, 0.29) is 0 Å². The fourth-order valence-electron chi connectivity index (χ4n) is 1.19. The molecule has 0 aliphatic rings. The van der Waals surface area contributed by atoms with Gasteiger partial charge in [0.15, 0.2) is 0 Å². The van der Waals surface area contributed by atoms with E-state index >= 15 is 0 Å². The molecule has 3 heteroatoms. The van der Waals surface area contributed by atoms with Crippen LogP contribution in [0, 0.1) is 11.3 Å². The smallest absolute Gasteiger partial charge is 0.119 e. The fraction of sp³-hybridized carbons (Fsp3) is 0.462. The van der Waals surface area contributed by atoms with Gasteiger partial charge in [0, 0.05) is 5.75 Å². The lowest BCUT2D eigenvalue weighted by molar-refractivity contribution is 0.344. The Kier molecular flexibility index (Phi) is 6.52. The summed E-state index contributed by atoms with van der Waals surface area (Å²) in [5, 5.41) is 8.63. The van der Waals surface area contributed by atoms with Crippen LogP contribution in [0.2, 0.25) is 0 Å². The average molecular weight is 235 g/mol. The van der Waals surface area contributed by atoms with Crippen molar-refractivity contribution in [2.45, 2.75) is 19.8 Å². The van der Waals surface area contributed by atoms with Crippen LogP contribution in [0.4, 0.5) is 0 Å². The monoisotopic (exact) mass is 235 g/mol. The SMILES string of the molecule is CCCCSCCOc1ccc(C#N)cc1. The van der Waals surface area contributed by atoms with E-state index in [0.717, 1.165) is 18.1 Å². The van der Waals surface area contributed by atoms with E-state index in [1.165, 1.54) is 18.6 Å². The second-order valence-corrected chi connectivity index (χ2v) is 4.68. The van der Waals surface area contributed by atoms with Crippen molar-refractivity contribution in [1.82, 2.24) is 0 Å². The molecule has 0 fully saturated rings. The second kappa shape index (κ2) is 8.06. The van der Waals surface area contributed by atoms with E-state index in [0.29, 0.717) is 5.56 Å². The zero-order valence-electron chi connectivity index (χ0n) is 9.61. The number of unbranched alkanes of at least 4 members (excludes halogenated alkanes) is 1. The van der Waals surface area contributed by atoms with Crippen LogP contribution in [0.5, 0.6) is 5.75 Å². The third-order valence-electron chi connectivity index (χ3n) is 2.12. The number of nitrogens with zero attached hydrogens (tertiary/aromatic N) is 1. The van der Waals surface area contributed by atoms with Gasteiger partial charge in [-0.3, -0.25) is 0 Å². The topological polar surface area (TPSA) is 33.0 Å². The van der Waals surface area contributed by atoms with Crippen molar-refractivity contribution in [1.29, 1.82) is 5.26 Å². The molecule has 0 amide bonds. The summed E-state index contributed by atoms with van der Waals surface area (Å²) in [4.78, 5) is 0. The number of benzene rings is 1. The summed E-state index contributed by atoms with van der Waals surface area (Å²) in [6, 6.07) is 9.32. The molecule has 2 nitrogen and oxygen atoms in total. The molecule has 1 rings (SSSR count). The quantitative estimate of drug-likeness (QED) is 0.678. The molecule has 16 heavy (non-hydrogen) atoms. The largest absolute Gasteiger partial charge is 0.493 e. The van der Waals surface area contributed by atoms with E-state index in [1.807, 2.05) is 23.9 Å². The first-order valence-electron chi connectivity index (χ1n) is 5.57. The summed E-state index contributed by atoms with van der Waals surface area (Å²) in [6.45, 7) is 2.94. The highest BCUT2D eigenvalue weighted by Crippen LogP contribution is 2.12. The van der Waals surface area contributed by atoms with Crippen molar-refractivity contribution in [2.75, 3.05) is 18.1 Å². The van der Waals surface area contributed by atoms with E-state index in [1.54, 1.807) is 12.1 Å². The molecule has 0 bridgehead atoms. The lowest BCUT2D eigenvalue weighted by Gasteiger charge is -2.05. The predicted molar refractivity (Wildman–Crippen MR) is 68.9 cm³/mol. The molecule has 0 N–H and O–H groups in total. The van der Waals surface area contributed by atoms with Crippen LogP contribution < -0.4 is 4.74 Å². The van der Waals surface area contributed by atoms with Crippen LogP contribution in [0.25, 0.3) is 0 Å². The summed E-state index contributed by atoms with van der Waals surface area (Å²) < 4.78 is 5.56. The standard InChI is InChI=1S/C13H17NOS/c1-2-3-9-16-10-8-15-13-6-4-12(11-14)5-7-13/h4-7H,2-3,8-10H2,1H3. The van der Waals surface area contributed by atoms with Crippen molar-refractivity contribution in [2.24, 2.45) is 0 Å². The molecule has 0 aromatic heterocycles. The minimum Gasteiger partial charge on any atom is -0.493 e. The number of thioether (sulfide) groups is 1. The maximum Gasteiger partial charge on any atom is 0.119 e. The molecule has 1 aromatic carbocycles. The maximum atomic E-state index is 8.63. The average Bonchev–Trinajstić information content (AvgIpc) is 2.34. The van der Waals surface area contributed by atoms with Gasteiger partial charge in [-0.25, -0.2) is 0 Å². The van der Waals surface area contributed by atoms with Crippen LogP contribution in [-0.2, 0) is 0 Å². The van der Waals surface area contributed by atoms with Gasteiger partial charge >= 0.3 is 0 Å². The third kappa shape index (κ3) is 5.09. The predicted octanol–water partition coefficient (Wildman–Crippen LogP) is 3.47. The maximum absolute atomic E-state index is 8.63. The Morgan fingerprint density at radius 1 is 1.25 bits per heavy atom. The van der Waals surface area contributed by atoms with Crippen LogP contribution in [-0.4, -0.2) is 18.1 Å². The molecule has 0 saturated carbocycles. The van der Waals surface area contributed by atoms with Crippen LogP contribution >= 0.6 is 11.8 Å². The Bertz CT molecular complexity index is 329. The molecule has 0 saturated heterocycles. The van der Waals surface area contributed by atoms with E-state index in [2.05, 4.69) is 13.0 Å². The van der Waals surface area contributed by atoms with Gasteiger partial charge in [0.1, 0.15) is 5.75 Å². The summed E-state index contributed by atoms with van der Waals surface area (Å²) in [6.07, 6.45) is 2.53.